The highest BCUT2D eigenvalue weighted by molar-refractivity contribution is 14.0. The van der Waals surface area contributed by atoms with Crippen molar-refractivity contribution in [1.82, 2.24) is 10.6 Å². The van der Waals surface area contributed by atoms with E-state index in [-0.39, 0.29) is 29.8 Å². The number of ether oxygens (including phenoxy) is 2. The predicted octanol–water partition coefficient (Wildman–Crippen LogP) is 4.29. The van der Waals surface area contributed by atoms with E-state index in [0.29, 0.717) is 51.5 Å². The molecule has 2 aromatic carbocycles. The van der Waals surface area contributed by atoms with Gasteiger partial charge in [-0.2, -0.15) is 0 Å². The lowest BCUT2D eigenvalue weighted by atomic mass is 10.1. The zero-order chi connectivity index (χ0) is 20.7. The molecule has 0 spiro atoms. The van der Waals surface area contributed by atoms with Gasteiger partial charge in [-0.3, -0.25) is 0 Å². The molecule has 0 aliphatic heterocycles. The lowest BCUT2D eigenvalue weighted by molar-refractivity contribution is 0.0453. The monoisotopic (exact) mass is 529 g/mol. The molecule has 2 N–H and O–H groups in total. The van der Waals surface area contributed by atoms with Gasteiger partial charge in [0.2, 0.25) is 0 Å². The van der Waals surface area contributed by atoms with Gasteiger partial charge in [0.15, 0.2) is 5.96 Å². The van der Waals surface area contributed by atoms with E-state index >= 15 is 0 Å². The molecule has 166 valence electrons. The molecule has 0 saturated heterocycles. The summed E-state index contributed by atoms with van der Waals surface area (Å²) in [5.41, 5.74) is 2.93. The Morgan fingerprint density at radius 1 is 0.967 bits per heavy atom. The standard InChI is InChI=1S/C23H32FN3O2.HI/c1-3-25-23(26-13-12-21-10-5-6-11-22(21)24)27-17-19-8-7-9-20(16-19)18-29-15-14-28-4-2;/h5-11,16H,3-4,12-15,17-18H2,1-2H3,(H2,25,26,27);1H. The molecule has 0 aromatic heterocycles. The Morgan fingerprint density at radius 2 is 1.73 bits per heavy atom. The Hall–Kier alpha value is -1.71. The number of halogens is 2. The zero-order valence-corrected chi connectivity index (χ0v) is 20.2. The Morgan fingerprint density at radius 3 is 2.50 bits per heavy atom. The van der Waals surface area contributed by atoms with Crippen LogP contribution in [0.25, 0.3) is 0 Å². The first kappa shape index (κ1) is 26.3. The maximum Gasteiger partial charge on any atom is 0.191 e. The van der Waals surface area contributed by atoms with E-state index in [0.717, 1.165) is 23.6 Å². The van der Waals surface area contributed by atoms with Crippen LogP contribution in [0.2, 0.25) is 0 Å². The van der Waals surface area contributed by atoms with Crippen molar-refractivity contribution in [3.8, 4) is 0 Å². The van der Waals surface area contributed by atoms with Crippen molar-refractivity contribution in [3.05, 3.63) is 71.0 Å². The van der Waals surface area contributed by atoms with Crippen molar-refractivity contribution in [2.75, 3.05) is 32.9 Å². The highest BCUT2D eigenvalue weighted by atomic mass is 127. The van der Waals surface area contributed by atoms with Crippen molar-refractivity contribution in [2.24, 2.45) is 4.99 Å². The lowest BCUT2D eigenvalue weighted by Gasteiger charge is -2.12. The molecule has 0 aliphatic rings. The minimum atomic E-state index is -0.170. The third kappa shape index (κ3) is 10.4. The van der Waals surface area contributed by atoms with Crippen molar-refractivity contribution in [3.63, 3.8) is 0 Å². The fourth-order valence-electron chi connectivity index (χ4n) is 2.80. The summed E-state index contributed by atoms with van der Waals surface area (Å²) in [7, 11) is 0. The van der Waals surface area contributed by atoms with Crippen LogP contribution in [0.3, 0.4) is 0 Å². The third-order valence-electron chi connectivity index (χ3n) is 4.24. The quantitative estimate of drug-likeness (QED) is 0.187. The second kappa shape index (κ2) is 16.0. The number of guanidine groups is 1. The SMILES string of the molecule is CCNC(=NCc1cccc(COCCOCC)c1)NCCc1ccccc1F.I. The van der Waals surface area contributed by atoms with Gasteiger partial charge in [-0.1, -0.05) is 42.5 Å². The van der Waals surface area contributed by atoms with E-state index in [1.165, 1.54) is 6.07 Å². The van der Waals surface area contributed by atoms with Gasteiger partial charge in [0.25, 0.3) is 0 Å². The average Bonchev–Trinajstić information content (AvgIpc) is 2.73. The summed E-state index contributed by atoms with van der Waals surface area (Å²) in [6, 6.07) is 15.1. The fourth-order valence-corrected chi connectivity index (χ4v) is 2.80. The predicted molar refractivity (Wildman–Crippen MR) is 131 cm³/mol. The van der Waals surface area contributed by atoms with Gasteiger partial charge >= 0.3 is 0 Å². The maximum absolute atomic E-state index is 13.7. The first-order valence-corrected chi connectivity index (χ1v) is 10.2. The Balaban J connectivity index is 0.00000450. The van der Waals surface area contributed by atoms with Crippen LogP contribution in [0.15, 0.2) is 53.5 Å². The number of nitrogens with zero attached hydrogens (tertiary/aromatic N) is 1. The highest BCUT2D eigenvalue weighted by Crippen LogP contribution is 2.08. The average molecular weight is 529 g/mol. The number of rotatable bonds is 12. The summed E-state index contributed by atoms with van der Waals surface area (Å²) in [6.45, 7) is 8.40. The molecule has 5 nitrogen and oxygen atoms in total. The van der Waals surface area contributed by atoms with Crippen molar-refractivity contribution >= 4 is 29.9 Å². The van der Waals surface area contributed by atoms with Crippen LogP contribution in [-0.2, 0) is 29.0 Å². The molecule has 0 atom stereocenters. The minimum Gasteiger partial charge on any atom is -0.379 e. The number of hydrogen-bond acceptors (Lipinski definition) is 3. The van der Waals surface area contributed by atoms with Gasteiger partial charge in [0, 0.05) is 19.7 Å². The fraction of sp³-hybridized carbons (Fsp3) is 0.435. The summed E-state index contributed by atoms with van der Waals surface area (Å²) in [4.78, 5) is 4.64. The van der Waals surface area contributed by atoms with E-state index in [2.05, 4.69) is 27.8 Å². The third-order valence-corrected chi connectivity index (χ3v) is 4.24. The number of benzene rings is 2. The number of aliphatic imine (C=N–C) groups is 1. The van der Waals surface area contributed by atoms with Crippen LogP contribution in [0.5, 0.6) is 0 Å². The normalized spacial score (nSPS) is 11.1. The van der Waals surface area contributed by atoms with Crippen LogP contribution in [-0.4, -0.2) is 38.9 Å². The molecule has 0 bridgehead atoms. The largest absolute Gasteiger partial charge is 0.379 e. The molecule has 2 aromatic rings. The zero-order valence-electron chi connectivity index (χ0n) is 17.8. The number of nitrogens with one attached hydrogen (secondary N) is 2. The first-order chi connectivity index (χ1) is 14.2. The van der Waals surface area contributed by atoms with Gasteiger partial charge in [0.05, 0.1) is 26.4 Å². The van der Waals surface area contributed by atoms with Crippen molar-refractivity contribution in [1.29, 1.82) is 0 Å². The van der Waals surface area contributed by atoms with Crippen LogP contribution in [0.1, 0.15) is 30.5 Å². The molecule has 0 saturated carbocycles. The Bertz CT molecular complexity index is 759. The topological polar surface area (TPSA) is 54.9 Å². The molecule has 0 aliphatic carbocycles. The van der Waals surface area contributed by atoms with Crippen molar-refractivity contribution < 1.29 is 13.9 Å². The molecule has 0 amide bonds. The summed E-state index contributed by atoms with van der Waals surface area (Å²) >= 11 is 0. The van der Waals surface area contributed by atoms with Crippen molar-refractivity contribution in [2.45, 2.75) is 33.4 Å². The summed E-state index contributed by atoms with van der Waals surface area (Å²) in [5.74, 6) is 0.554. The van der Waals surface area contributed by atoms with Crippen LogP contribution in [0, 0.1) is 5.82 Å². The smallest absolute Gasteiger partial charge is 0.191 e. The molecule has 0 fully saturated rings. The second-order valence-corrected chi connectivity index (χ2v) is 6.53. The van der Waals surface area contributed by atoms with E-state index in [1.54, 1.807) is 6.07 Å². The van der Waals surface area contributed by atoms with E-state index in [4.69, 9.17) is 9.47 Å². The van der Waals surface area contributed by atoms with E-state index in [1.807, 2.05) is 38.1 Å². The van der Waals surface area contributed by atoms with Gasteiger partial charge < -0.3 is 20.1 Å². The molecule has 0 unspecified atom stereocenters. The minimum absolute atomic E-state index is 0. The maximum atomic E-state index is 13.7. The summed E-state index contributed by atoms with van der Waals surface area (Å²) < 4.78 is 24.6. The summed E-state index contributed by atoms with van der Waals surface area (Å²) in [6.07, 6.45) is 0.603. The molecule has 0 heterocycles. The Kier molecular flexibility index (Phi) is 14.1. The summed E-state index contributed by atoms with van der Waals surface area (Å²) in [5, 5.41) is 6.50. The molecule has 30 heavy (non-hydrogen) atoms. The van der Waals surface area contributed by atoms with Gasteiger partial charge in [0.1, 0.15) is 5.82 Å². The first-order valence-electron chi connectivity index (χ1n) is 10.2. The van der Waals surface area contributed by atoms with Crippen LogP contribution in [0.4, 0.5) is 4.39 Å². The molecular formula is C23H33FIN3O2. The Labute approximate surface area is 196 Å². The van der Waals surface area contributed by atoms with Gasteiger partial charge in [-0.25, -0.2) is 9.38 Å². The molecule has 0 radical (unpaired) electrons. The van der Waals surface area contributed by atoms with Gasteiger partial charge in [-0.05, 0) is 43.0 Å². The molecule has 2 rings (SSSR count). The lowest BCUT2D eigenvalue weighted by Crippen LogP contribution is -2.38. The molecule has 7 heteroatoms. The van der Waals surface area contributed by atoms with E-state index in [9.17, 15) is 4.39 Å². The van der Waals surface area contributed by atoms with Crippen LogP contribution >= 0.6 is 24.0 Å². The highest BCUT2D eigenvalue weighted by Gasteiger charge is 2.03. The van der Waals surface area contributed by atoms with E-state index < -0.39 is 0 Å². The van der Waals surface area contributed by atoms with Crippen LogP contribution < -0.4 is 10.6 Å². The van der Waals surface area contributed by atoms with Gasteiger partial charge in [-0.15, -0.1) is 24.0 Å². The molecular weight excluding hydrogens is 496 g/mol. The number of hydrogen-bond donors (Lipinski definition) is 2. The second-order valence-electron chi connectivity index (χ2n) is 6.53.